The van der Waals surface area contributed by atoms with Gasteiger partial charge in [-0.3, -0.25) is 4.39 Å². The van der Waals surface area contributed by atoms with E-state index in [1.54, 1.807) is 6.08 Å². The molecule has 0 aromatic heterocycles. The molecule has 0 atom stereocenters. The summed E-state index contributed by atoms with van der Waals surface area (Å²) in [6.07, 6.45) is 6.37. The summed E-state index contributed by atoms with van der Waals surface area (Å²) in [7, 11) is 0. The van der Waals surface area contributed by atoms with Crippen molar-refractivity contribution in [2.24, 2.45) is 0 Å². The van der Waals surface area contributed by atoms with Gasteiger partial charge in [0.05, 0.1) is 6.67 Å². The Kier molecular flexibility index (Phi) is 15.2. The summed E-state index contributed by atoms with van der Waals surface area (Å²) in [5, 5.41) is 0. The zero-order valence-corrected chi connectivity index (χ0v) is 8.57. The van der Waals surface area contributed by atoms with Crippen molar-refractivity contribution in [3.63, 3.8) is 0 Å². The normalized spacial score (nSPS) is 10.2. The van der Waals surface area contributed by atoms with E-state index in [0.717, 1.165) is 12.8 Å². The van der Waals surface area contributed by atoms with Crippen LogP contribution >= 0.6 is 0 Å². The summed E-state index contributed by atoms with van der Waals surface area (Å²) in [6, 6.07) is 0. The minimum absolute atomic E-state index is 0.193. The van der Waals surface area contributed by atoms with E-state index in [0.29, 0.717) is 6.42 Å². The number of hydrogen-bond donors (Lipinski definition) is 0. The van der Waals surface area contributed by atoms with Crippen LogP contribution in [0.4, 0.5) is 4.39 Å². The van der Waals surface area contributed by atoms with E-state index in [-0.39, 0.29) is 6.67 Å². The lowest BCUT2D eigenvalue weighted by atomic mass is 10.1. The monoisotopic (exact) mass is 172 g/mol. The summed E-state index contributed by atoms with van der Waals surface area (Å²) in [4.78, 5) is 0. The topological polar surface area (TPSA) is 0 Å². The lowest BCUT2D eigenvalue weighted by Gasteiger charge is -1.96. The minimum atomic E-state index is -0.193. The standard InChI is InChI=1S/C9H15F.C2H6/c1-3-6-9(2)7-4-5-8-10;1-2/h3,6H,1,4-5,7-8H2,2H3;1-2H3/b9-6+;. The predicted molar refractivity (Wildman–Crippen MR) is 55.1 cm³/mol. The molecule has 0 amide bonds. The van der Waals surface area contributed by atoms with Gasteiger partial charge in [0.15, 0.2) is 0 Å². The maximum absolute atomic E-state index is 11.6. The van der Waals surface area contributed by atoms with Crippen molar-refractivity contribution in [2.45, 2.75) is 40.0 Å². The van der Waals surface area contributed by atoms with Crippen molar-refractivity contribution in [2.75, 3.05) is 6.67 Å². The lowest BCUT2D eigenvalue weighted by molar-refractivity contribution is 0.462. The van der Waals surface area contributed by atoms with E-state index in [1.807, 2.05) is 26.8 Å². The van der Waals surface area contributed by atoms with Crippen LogP contribution in [0.2, 0.25) is 0 Å². The van der Waals surface area contributed by atoms with Crippen LogP contribution in [0.15, 0.2) is 24.3 Å². The first kappa shape index (κ1) is 14.0. The molecule has 0 heterocycles. The molecule has 0 aliphatic heterocycles. The van der Waals surface area contributed by atoms with E-state index < -0.39 is 0 Å². The van der Waals surface area contributed by atoms with Gasteiger partial charge in [-0.05, 0) is 26.2 Å². The molecule has 72 valence electrons. The van der Waals surface area contributed by atoms with E-state index in [9.17, 15) is 4.39 Å². The van der Waals surface area contributed by atoms with Crippen LogP contribution in [-0.4, -0.2) is 6.67 Å². The van der Waals surface area contributed by atoms with Crippen LogP contribution in [0.3, 0.4) is 0 Å². The first-order valence-electron chi connectivity index (χ1n) is 4.65. The molecule has 0 bridgehead atoms. The minimum Gasteiger partial charge on any atom is -0.251 e. The van der Waals surface area contributed by atoms with Gasteiger partial charge in [-0.2, -0.15) is 0 Å². The van der Waals surface area contributed by atoms with Crippen LogP contribution in [0.1, 0.15) is 40.0 Å². The van der Waals surface area contributed by atoms with Crippen molar-refractivity contribution in [3.8, 4) is 0 Å². The van der Waals surface area contributed by atoms with E-state index in [4.69, 9.17) is 0 Å². The van der Waals surface area contributed by atoms with Crippen molar-refractivity contribution < 1.29 is 4.39 Å². The number of allylic oxidation sites excluding steroid dienone is 3. The maximum Gasteiger partial charge on any atom is 0.0894 e. The van der Waals surface area contributed by atoms with Crippen LogP contribution in [-0.2, 0) is 0 Å². The van der Waals surface area contributed by atoms with Crippen LogP contribution in [0.5, 0.6) is 0 Å². The van der Waals surface area contributed by atoms with Crippen molar-refractivity contribution in [3.05, 3.63) is 24.3 Å². The molecular weight excluding hydrogens is 151 g/mol. The maximum atomic E-state index is 11.6. The van der Waals surface area contributed by atoms with Crippen molar-refractivity contribution in [1.29, 1.82) is 0 Å². The fourth-order valence-corrected chi connectivity index (χ4v) is 0.783. The summed E-state index contributed by atoms with van der Waals surface area (Å²) >= 11 is 0. The molecule has 1 heteroatoms. The van der Waals surface area contributed by atoms with E-state index in [2.05, 4.69) is 6.58 Å². The van der Waals surface area contributed by atoms with Crippen LogP contribution in [0, 0.1) is 0 Å². The first-order chi connectivity index (χ1) is 5.81. The molecule has 0 aliphatic carbocycles. The molecule has 0 aliphatic rings. The van der Waals surface area contributed by atoms with Gasteiger partial charge in [0.2, 0.25) is 0 Å². The zero-order valence-electron chi connectivity index (χ0n) is 8.57. The Morgan fingerprint density at radius 1 is 1.33 bits per heavy atom. The molecule has 0 nitrogen and oxygen atoms in total. The highest BCUT2D eigenvalue weighted by Crippen LogP contribution is 2.05. The molecule has 0 aromatic rings. The molecule has 0 radical (unpaired) electrons. The van der Waals surface area contributed by atoms with Gasteiger partial charge in [-0.25, -0.2) is 0 Å². The Bertz CT molecular complexity index is 114. The molecular formula is C11H21F. The second-order valence-corrected chi connectivity index (χ2v) is 2.39. The van der Waals surface area contributed by atoms with Crippen molar-refractivity contribution >= 4 is 0 Å². The smallest absolute Gasteiger partial charge is 0.0894 e. The quantitative estimate of drug-likeness (QED) is 0.429. The third kappa shape index (κ3) is 12.1. The van der Waals surface area contributed by atoms with Gasteiger partial charge in [-0.15, -0.1) is 0 Å². The average molecular weight is 172 g/mol. The van der Waals surface area contributed by atoms with Crippen LogP contribution < -0.4 is 0 Å². The second-order valence-electron chi connectivity index (χ2n) is 2.39. The van der Waals surface area contributed by atoms with E-state index >= 15 is 0 Å². The average Bonchev–Trinajstić information content (AvgIpc) is 2.09. The molecule has 0 fully saturated rings. The highest BCUT2D eigenvalue weighted by Gasteiger charge is 1.88. The predicted octanol–water partition coefficient (Wildman–Crippen LogP) is 4.28. The Balaban J connectivity index is 0. The molecule has 0 spiro atoms. The molecule has 0 aromatic carbocycles. The Hall–Kier alpha value is -0.590. The molecule has 0 unspecified atom stereocenters. The van der Waals surface area contributed by atoms with Gasteiger partial charge >= 0.3 is 0 Å². The number of rotatable bonds is 5. The fraction of sp³-hybridized carbons (Fsp3) is 0.636. The van der Waals surface area contributed by atoms with Gasteiger partial charge < -0.3 is 0 Å². The molecule has 0 saturated heterocycles. The van der Waals surface area contributed by atoms with Gasteiger partial charge in [0, 0.05) is 0 Å². The van der Waals surface area contributed by atoms with Gasteiger partial charge in [-0.1, -0.05) is 38.2 Å². The number of unbranched alkanes of at least 4 members (excludes halogenated alkanes) is 1. The highest BCUT2D eigenvalue weighted by molar-refractivity contribution is 5.07. The molecule has 0 saturated carbocycles. The van der Waals surface area contributed by atoms with Crippen molar-refractivity contribution in [1.82, 2.24) is 0 Å². The Morgan fingerprint density at radius 2 is 1.92 bits per heavy atom. The Morgan fingerprint density at radius 3 is 2.33 bits per heavy atom. The largest absolute Gasteiger partial charge is 0.251 e. The Labute approximate surface area is 76.2 Å². The second kappa shape index (κ2) is 13.0. The van der Waals surface area contributed by atoms with E-state index in [1.165, 1.54) is 5.57 Å². The lowest BCUT2D eigenvalue weighted by Crippen LogP contribution is -1.79. The number of halogens is 1. The zero-order chi connectivity index (χ0) is 9.82. The molecule has 0 rings (SSSR count). The van der Waals surface area contributed by atoms with Crippen LogP contribution in [0.25, 0.3) is 0 Å². The number of alkyl halides is 1. The summed E-state index contributed by atoms with van der Waals surface area (Å²) < 4.78 is 11.6. The molecule has 12 heavy (non-hydrogen) atoms. The third-order valence-electron chi connectivity index (χ3n) is 1.36. The summed E-state index contributed by atoms with van der Waals surface area (Å²) in [6.45, 7) is 9.43. The van der Waals surface area contributed by atoms with Gasteiger partial charge in [0.25, 0.3) is 0 Å². The molecule has 0 N–H and O–H groups in total. The summed E-state index contributed by atoms with van der Waals surface area (Å²) in [5.74, 6) is 0. The number of hydrogen-bond acceptors (Lipinski definition) is 0. The highest BCUT2D eigenvalue weighted by atomic mass is 19.1. The van der Waals surface area contributed by atoms with Gasteiger partial charge in [0.1, 0.15) is 0 Å². The third-order valence-corrected chi connectivity index (χ3v) is 1.36. The first-order valence-corrected chi connectivity index (χ1v) is 4.65. The summed E-state index contributed by atoms with van der Waals surface area (Å²) in [5.41, 5.74) is 1.28. The SMILES string of the molecule is C=C/C=C(\C)CCCCF.CC. The fourth-order valence-electron chi connectivity index (χ4n) is 0.783.